The van der Waals surface area contributed by atoms with Gasteiger partial charge in [-0.05, 0) is 27.9 Å². The molecule has 0 bridgehead atoms. The van der Waals surface area contributed by atoms with E-state index >= 15 is 0 Å². The van der Waals surface area contributed by atoms with E-state index in [-0.39, 0.29) is 17.7 Å². The highest BCUT2D eigenvalue weighted by atomic mass is 79.9. The minimum atomic E-state index is -0.256. The van der Waals surface area contributed by atoms with E-state index in [1.807, 2.05) is 11.8 Å². The molecule has 1 saturated heterocycles. The Hall–Kier alpha value is -0.810. The van der Waals surface area contributed by atoms with Crippen molar-refractivity contribution in [3.8, 4) is 0 Å². The fraction of sp³-hybridized carbons (Fsp3) is 0.455. The maximum atomic E-state index is 11.3. The van der Waals surface area contributed by atoms with Crippen LogP contribution in [0.25, 0.3) is 0 Å². The summed E-state index contributed by atoms with van der Waals surface area (Å²) in [6.45, 7) is 3.36. The average Bonchev–Trinajstić information content (AvgIpc) is 2.60. The molecule has 17 heavy (non-hydrogen) atoms. The van der Waals surface area contributed by atoms with Gasteiger partial charge in [-0.15, -0.1) is 0 Å². The number of hydrogen-bond acceptors (Lipinski definition) is 3. The molecule has 6 heteroatoms. The Balaban J connectivity index is 2.22. The second kappa shape index (κ2) is 4.82. The van der Waals surface area contributed by atoms with Gasteiger partial charge in [-0.25, -0.2) is 4.98 Å². The molecule has 0 aliphatic carbocycles. The van der Waals surface area contributed by atoms with E-state index in [4.69, 9.17) is 17.3 Å². The van der Waals surface area contributed by atoms with Crippen molar-refractivity contribution in [2.75, 3.05) is 18.0 Å². The summed E-state index contributed by atoms with van der Waals surface area (Å²) < 4.78 is 0.838. The van der Waals surface area contributed by atoms with E-state index < -0.39 is 0 Å². The highest BCUT2D eigenvalue weighted by molar-refractivity contribution is 9.10. The molecule has 1 fully saturated rings. The molecular formula is C11H13BrClN3O. The summed E-state index contributed by atoms with van der Waals surface area (Å²) in [5.41, 5.74) is 5.36. The molecule has 1 aliphatic heterocycles. The average molecular weight is 319 g/mol. The van der Waals surface area contributed by atoms with Gasteiger partial charge in [0.15, 0.2) is 0 Å². The summed E-state index contributed by atoms with van der Waals surface area (Å²) >= 11 is 9.45. The number of pyridine rings is 1. The van der Waals surface area contributed by atoms with E-state index in [0.717, 1.165) is 11.0 Å². The number of anilines is 1. The Kier molecular flexibility index (Phi) is 3.58. The Morgan fingerprint density at radius 3 is 2.88 bits per heavy atom. The van der Waals surface area contributed by atoms with Gasteiger partial charge >= 0.3 is 0 Å². The molecule has 2 rings (SSSR count). The lowest BCUT2D eigenvalue weighted by Gasteiger charge is -2.18. The zero-order chi connectivity index (χ0) is 12.6. The molecule has 2 atom stereocenters. The molecule has 92 valence electrons. The molecule has 1 aromatic heterocycles. The van der Waals surface area contributed by atoms with Crippen LogP contribution in [0.4, 0.5) is 5.82 Å². The van der Waals surface area contributed by atoms with Crippen molar-refractivity contribution in [1.82, 2.24) is 4.98 Å². The maximum absolute atomic E-state index is 11.3. The number of nitrogens with zero attached hydrogens (tertiary/aromatic N) is 2. The zero-order valence-electron chi connectivity index (χ0n) is 9.36. The molecular weight excluding hydrogens is 305 g/mol. The second-order valence-electron chi connectivity index (χ2n) is 4.35. The first kappa shape index (κ1) is 12.6. The van der Waals surface area contributed by atoms with E-state index in [9.17, 15) is 4.79 Å². The Labute approximate surface area is 113 Å². The Morgan fingerprint density at radius 2 is 2.35 bits per heavy atom. The van der Waals surface area contributed by atoms with Crippen LogP contribution in [-0.4, -0.2) is 24.0 Å². The number of carbonyl (C=O) groups excluding carboxylic acids is 1. The number of halogens is 2. The van der Waals surface area contributed by atoms with Gasteiger partial charge in [0.05, 0.1) is 10.9 Å². The molecule has 1 amide bonds. The molecule has 0 saturated carbocycles. The summed E-state index contributed by atoms with van der Waals surface area (Å²) in [4.78, 5) is 17.6. The van der Waals surface area contributed by atoms with Crippen molar-refractivity contribution in [3.63, 3.8) is 0 Å². The van der Waals surface area contributed by atoms with Crippen LogP contribution in [0.1, 0.15) is 6.92 Å². The van der Waals surface area contributed by atoms with Crippen LogP contribution >= 0.6 is 27.5 Å². The Bertz CT molecular complexity index is 454. The summed E-state index contributed by atoms with van der Waals surface area (Å²) in [7, 11) is 0. The van der Waals surface area contributed by atoms with Crippen molar-refractivity contribution in [2.24, 2.45) is 17.6 Å². The summed E-state index contributed by atoms with van der Waals surface area (Å²) in [6, 6.07) is 1.80. The minimum absolute atomic E-state index is 0.128. The second-order valence-corrected chi connectivity index (χ2v) is 5.67. The molecule has 0 aromatic carbocycles. The fourth-order valence-electron chi connectivity index (χ4n) is 2.15. The first-order chi connectivity index (χ1) is 7.99. The van der Waals surface area contributed by atoms with Gasteiger partial charge in [-0.1, -0.05) is 18.5 Å². The molecule has 4 nitrogen and oxygen atoms in total. The van der Waals surface area contributed by atoms with Gasteiger partial charge in [0, 0.05) is 23.8 Å². The quantitative estimate of drug-likeness (QED) is 0.908. The van der Waals surface area contributed by atoms with Crippen molar-refractivity contribution in [1.29, 1.82) is 0 Å². The third-order valence-corrected chi connectivity index (χ3v) is 3.78. The van der Waals surface area contributed by atoms with Crippen LogP contribution < -0.4 is 10.6 Å². The number of hydrogen-bond donors (Lipinski definition) is 1. The van der Waals surface area contributed by atoms with Gasteiger partial charge in [-0.3, -0.25) is 4.79 Å². The first-order valence-electron chi connectivity index (χ1n) is 5.34. The van der Waals surface area contributed by atoms with E-state index in [1.54, 1.807) is 12.3 Å². The van der Waals surface area contributed by atoms with Crippen molar-refractivity contribution in [2.45, 2.75) is 6.92 Å². The lowest BCUT2D eigenvalue weighted by Crippen LogP contribution is -2.29. The van der Waals surface area contributed by atoms with Crippen LogP contribution in [0.15, 0.2) is 16.7 Å². The summed E-state index contributed by atoms with van der Waals surface area (Å²) in [6.07, 6.45) is 1.70. The minimum Gasteiger partial charge on any atom is -0.369 e. The van der Waals surface area contributed by atoms with Crippen molar-refractivity contribution < 1.29 is 4.79 Å². The third kappa shape index (κ3) is 2.55. The summed E-state index contributed by atoms with van der Waals surface area (Å²) in [5, 5.41) is 0.580. The lowest BCUT2D eigenvalue weighted by atomic mass is 9.98. The van der Waals surface area contributed by atoms with Gasteiger partial charge in [0.25, 0.3) is 0 Å². The van der Waals surface area contributed by atoms with Crippen molar-refractivity contribution in [3.05, 3.63) is 21.8 Å². The predicted molar refractivity (Wildman–Crippen MR) is 71.0 cm³/mol. The maximum Gasteiger partial charge on any atom is 0.222 e. The van der Waals surface area contributed by atoms with Gasteiger partial charge in [-0.2, -0.15) is 0 Å². The molecule has 2 heterocycles. The van der Waals surface area contributed by atoms with Crippen LogP contribution in [-0.2, 0) is 4.79 Å². The van der Waals surface area contributed by atoms with Gasteiger partial charge in [0.2, 0.25) is 5.91 Å². The van der Waals surface area contributed by atoms with Crippen LogP contribution in [0, 0.1) is 11.8 Å². The topological polar surface area (TPSA) is 59.2 Å². The number of carbonyl (C=O) groups is 1. The summed E-state index contributed by atoms with van der Waals surface area (Å²) in [5.74, 6) is 0.559. The molecule has 1 aliphatic rings. The molecule has 0 unspecified atom stereocenters. The molecule has 0 radical (unpaired) electrons. The Morgan fingerprint density at radius 1 is 1.65 bits per heavy atom. The third-order valence-electron chi connectivity index (χ3n) is 3.07. The molecule has 0 spiro atoms. The fourth-order valence-corrected chi connectivity index (χ4v) is 2.90. The van der Waals surface area contributed by atoms with E-state index in [2.05, 4.69) is 20.9 Å². The van der Waals surface area contributed by atoms with Crippen LogP contribution in [0.3, 0.4) is 0 Å². The van der Waals surface area contributed by atoms with Crippen molar-refractivity contribution >= 4 is 39.3 Å². The normalized spacial score (nSPS) is 24.1. The highest BCUT2D eigenvalue weighted by Gasteiger charge is 2.34. The number of nitrogens with two attached hydrogens (primary N) is 1. The number of aromatic nitrogens is 1. The van der Waals surface area contributed by atoms with Gasteiger partial charge in [0.1, 0.15) is 5.82 Å². The predicted octanol–water partition coefficient (Wildman–Crippen LogP) is 2.06. The first-order valence-corrected chi connectivity index (χ1v) is 6.51. The highest BCUT2D eigenvalue weighted by Crippen LogP contribution is 2.32. The number of amides is 1. The number of rotatable bonds is 2. The zero-order valence-corrected chi connectivity index (χ0v) is 11.7. The standard InChI is InChI=1S/C11H13BrClN3O/c1-6-4-16(5-8(6)10(14)17)11-9(13)2-7(12)3-15-11/h2-3,6,8H,4-5H2,1H3,(H2,14,17)/t6-,8-/m1/s1. The molecule has 1 aromatic rings. The largest absolute Gasteiger partial charge is 0.369 e. The van der Waals surface area contributed by atoms with E-state index in [1.165, 1.54) is 0 Å². The van der Waals surface area contributed by atoms with Crippen LogP contribution in [0.2, 0.25) is 5.02 Å². The molecule has 2 N–H and O–H groups in total. The van der Waals surface area contributed by atoms with Gasteiger partial charge < -0.3 is 10.6 Å². The lowest BCUT2D eigenvalue weighted by molar-refractivity contribution is -0.122. The number of primary amides is 1. The monoisotopic (exact) mass is 317 g/mol. The smallest absolute Gasteiger partial charge is 0.222 e. The van der Waals surface area contributed by atoms with Crippen LogP contribution in [0.5, 0.6) is 0 Å². The SMILES string of the molecule is C[C@@H]1CN(c2ncc(Br)cc2Cl)C[C@H]1C(N)=O. The van der Waals surface area contributed by atoms with E-state index in [0.29, 0.717) is 17.4 Å².